The molecule has 0 aliphatic rings. The maximum atomic E-state index is 7.80. The van der Waals surface area contributed by atoms with Gasteiger partial charge in [0.05, 0.1) is 0 Å². The van der Waals surface area contributed by atoms with E-state index in [2.05, 4.69) is 224 Å². The van der Waals surface area contributed by atoms with E-state index in [0.717, 1.165) is 24.3 Å². The minimum atomic E-state index is -2.88. The molecule has 59 heavy (non-hydrogen) atoms. The van der Waals surface area contributed by atoms with Crippen LogP contribution in [0.2, 0.25) is 10.1 Å². The molecule has 0 saturated carbocycles. The van der Waals surface area contributed by atoms with Gasteiger partial charge in [-0.3, -0.25) is 0 Å². The molecule has 7 heteroatoms. The van der Waals surface area contributed by atoms with Gasteiger partial charge in [0.25, 0.3) is 0 Å². The fraction of sp³-hybridized carbons (Fsp3) is 0.192. The number of aryl methyl sites for hydroxylation is 2. The zero-order valence-electron chi connectivity index (χ0n) is 34.8. The molecule has 2 nitrogen and oxygen atoms in total. The van der Waals surface area contributed by atoms with Crippen LogP contribution in [0.15, 0.2) is 182 Å². The van der Waals surface area contributed by atoms with Crippen molar-refractivity contribution in [3.8, 4) is 11.5 Å². The number of hydrogen-bond donors (Lipinski definition) is 0. The van der Waals surface area contributed by atoms with Crippen molar-refractivity contribution in [3.05, 3.63) is 193 Å². The van der Waals surface area contributed by atoms with Gasteiger partial charge in [-0.15, -0.1) is 81.2 Å². The maximum Gasteiger partial charge on any atom is 4.00 e. The monoisotopic (exact) mass is 924 g/mol. The molecule has 0 bridgehead atoms. The Morgan fingerprint density at radius 1 is 0.390 bits per heavy atom. The van der Waals surface area contributed by atoms with Gasteiger partial charge < -0.3 is 33.7 Å². The van der Waals surface area contributed by atoms with E-state index in [1.807, 2.05) is 0 Å². The molecule has 0 aromatic heterocycles. The van der Waals surface area contributed by atoms with Crippen molar-refractivity contribution in [2.24, 2.45) is 0 Å². The predicted octanol–water partition coefficient (Wildman–Crippen LogP) is 5.10. The zero-order chi connectivity index (χ0) is 39.0. The van der Waals surface area contributed by atoms with Gasteiger partial charge in [-0.05, 0) is 30.8 Å². The van der Waals surface area contributed by atoms with E-state index in [9.17, 15) is 0 Å². The van der Waals surface area contributed by atoms with Crippen molar-refractivity contribution in [1.82, 2.24) is 0 Å². The Morgan fingerprint density at radius 2 is 0.644 bits per heavy atom. The van der Waals surface area contributed by atoms with Gasteiger partial charge in [-0.25, -0.2) is 0 Å². The Kier molecular flexibility index (Phi) is 14.7. The summed E-state index contributed by atoms with van der Waals surface area (Å²) in [6.07, 6.45) is 1.62. The van der Waals surface area contributed by atoms with Gasteiger partial charge in [0, 0.05) is 11.5 Å². The van der Waals surface area contributed by atoms with Crippen molar-refractivity contribution in [2.45, 2.75) is 64.5 Å². The van der Waals surface area contributed by atoms with Crippen LogP contribution in [-0.2, 0) is 39.0 Å². The molecule has 298 valence electrons. The van der Waals surface area contributed by atoms with E-state index in [1.165, 1.54) is 53.4 Å². The second kappa shape index (κ2) is 18.8. The van der Waals surface area contributed by atoms with E-state index < -0.39 is 16.6 Å². The Bertz CT molecular complexity index is 2300. The predicted molar refractivity (Wildman–Crippen MR) is 243 cm³/mol. The first-order valence-corrected chi connectivity index (χ1v) is 23.8. The SMILES string of the molecule is CC(C)(C)[Si](Oc1[cH-]c2ccccc2c1CCc1c(O[Si](c2ccccc2)(c2ccccc2)C(C)(C)C)[cH-]c2ccccc12)(c1ccccc1)c1ccccc1.[Cl-].[Cl-].[Zr+4]. The Hall–Kier alpha value is -3.96. The summed E-state index contributed by atoms with van der Waals surface area (Å²) in [4.78, 5) is 0. The van der Waals surface area contributed by atoms with Crippen LogP contribution in [0.1, 0.15) is 52.7 Å². The maximum absolute atomic E-state index is 7.80. The Labute approximate surface area is 384 Å². The molecule has 8 rings (SSSR count). The van der Waals surface area contributed by atoms with E-state index in [0.29, 0.717) is 0 Å². The average Bonchev–Trinajstić information content (AvgIpc) is 3.74. The fourth-order valence-electron chi connectivity index (χ4n) is 9.09. The summed E-state index contributed by atoms with van der Waals surface area (Å²) in [6, 6.07) is 66.1. The molecule has 8 aromatic carbocycles. The van der Waals surface area contributed by atoms with Crippen LogP contribution >= 0.6 is 0 Å². The normalized spacial score (nSPS) is 12.0. The van der Waals surface area contributed by atoms with E-state index >= 15 is 0 Å². The molecule has 0 aliphatic heterocycles. The van der Waals surface area contributed by atoms with Gasteiger partial charge in [-0.2, -0.15) is 0 Å². The van der Waals surface area contributed by atoms with Gasteiger partial charge in [0.15, 0.2) is 0 Å². The van der Waals surface area contributed by atoms with Gasteiger partial charge in [0.2, 0.25) is 0 Å². The Balaban J connectivity index is 0.00000220. The third kappa shape index (κ3) is 8.52. The summed E-state index contributed by atoms with van der Waals surface area (Å²) in [5, 5.41) is 9.73. The van der Waals surface area contributed by atoms with Crippen LogP contribution in [0.25, 0.3) is 21.5 Å². The van der Waals surface area contributed by atoms with E-state index in [1.54, 1.807) is 0 Å². The largest absolute Gasteiger partial charge is 4.00 e. The summed E-state index contributed by atoms with van der Waals surface area (Å²) in [6.45, 7) is 14.1. The van der Waals surface area contributed by atoms with Gasteiger partial charge >= 0.3 is 42.8 Å². The molecular weight excluding hydrogens is 875 g/mol. The van der Waals surface area contributed by atoms with Crippen molar-refractivity contribution in [1.29, 1.82) is 0 Å². The number of fused-ring (bicyclic) bond motifs is 2. The molecule has 0 heterocycles. The minimum Gasteiger partial charge on any atom is -1.00 e. The van der Waals surface area contributed by atoms with Gasteiger partial charge in [0.1, 0.15) is 0 Å². The minimum absolute atomic E-state index is 0. The quantitative estimate of drug-likeness (QED) is 0.133. The molecule has 0 radical (unpaired) electrons. The second-order valence-corrected chi connectivity index (χ2v) is 25.6. The molecule has 0 unspecified atom stereocenters. The molecule has 8 aromatic rings. The zero-order valence-corrected chi connectivity index (χ0v) is 40.8. The topological polar surface area (TPSA) is 18.5 Å². The Morgan fingerprint density at radius 3 is 0.915 bits per heavy atom. The van der Waals surface area contributed by atoms with Gasteiger partial charge in [-0.1, -0.05) is 188 Å². The number of benzene rings is 6. The average molecular weight is 927 g/mol. The van der Waals surface area contributed by atoms with Crippen molar-refractivity contribution < 1.29 is 59.9 Å². The summed E-state index contributed by atoms with van der Waals surface area (Å²) in [5.41, 5.74) is 2.52. The first-order valence-electron chi connectivity index (χ1n) is 20.0. The number of rotatable bonds is 11. The van der Waals surface area contributed by atoms with Crippen molar-refractivity contribution >= 4 is 58.9 Å². The van der Waals surface area contributed by atoms with Crippen LogP contribution in [0, 0.1) is 0 Å². The molecular formula is C52H52Cl2O2Si2Zr. The van der Waals surface area contributed by atoms with Crippen LogP contribution in [0.5, 0.6) is 11.5 Å². The molecule has 0 atom stereocenters. The van der Waals surface area contributed by atoms with Crippen LogP contribution in [0.4, 0.5) is 0 Å². The molecule has 0 spiro atoms. The van der Waals surface area contributed by atoms with Crippen LogP contribution in [0.3, 0.4) is 0 Å². The van der Waals surface area contributed by atoms with E-state index in [-0.39, 0.29) is 61.1 Å². The van der Waals surface area contributed by atoms with Crippen molar-refractivity contribution in [2.75, 3.05) is 0 Å². The second-order valence-electron chi connectivity index (χ2n) is 17.2. The number of hydrogen-bond acceptors (Lipinski definition) is 2. The molecule has 0 fully saturated rings. The first-order chi connectivity index (χ1) is 27.0. The summed E-state index contributed by atoms with van der Waals surface area (Å²) in [5.74, 6) is 1.98. The molecule has 0 aliphatic carbocycles. The molecule has 0 amide bonds. The molecule has 0 N–H and O–H groups in total. The summed E-state index contributed by atoms with van der Waals surface area (Å²) in [7, 11) is -5.76. The standard InChI is InChI=1S/C52H52O2Si2.2ClH.Zr/c1-51(2,3)55(41-25-11-7-12-26-41,42-27-13-8-14-28-42)53-49-37-39-23-19-21-33-45(39)47(49)35-36-48-46-34-22-20-24-40(46)38-50(48)54-56(52(4,5)6,43-29-15-9-16-30-43)44-31-17-10-18-32-44;;;/h7-34,37-38H,35-36H2,1-6H3;2*1H;/q-2;;;+4/p-2. The van der Waals surface area contributed by atoms with E-state index in [4.69, 9.17) is 8.85 Å². The van der Waals surface area contributed by atoms with Crippen LogP contribution < -0.4 is 54.4 Å². The smallest absolute Gasteiger partial charge is 1.00 e. The van der Waals surface area contributed by atoms with Crippen molar-refractivity contribution in [3.63, 3.8) is 0 Å². The third-order valence-corrected chi connectivity index (χ3v) is 21.6. The van der Waals surface area contributed by atoms with Crippen LogP contribution in [-0.4, -0.2) is 16.6 Å². The summed E-state index contributed by atoms with van der Waals surface area (Å²) < 4.78 is 15.6. The summed E-state index contributed by atoms with van der Waals surface area (Å²) >= 11 is 0. The molecule has 0 saturated heterocycles. The fourth-order valence-corrected chi connectivity index (χ4v) is 18.0. The first kappa shape index (κ1) is 46.1. The number of halogens is 2. The third-order valence-electron chi connectivity index (χ3n) is 11.7.